The number of sulfonamides is 1. The highest BCUT2D eigenvalue weighted by Crippen LogP contribution is 2.30. The van der Waals surface area contributed by atoms with Crippen molar-refractivity contribution in [2.24, 2.45) is 17.2 Å². The first-order valence-corrected chi connectivity index (χ1v) is 10.3. The first-order chi connectivity index (χ1) is 12.3. The molecular weight excluding hydrogens is 474 g/mol. The minimum atomic E-state index is -3.81. The van der Waals surface area contributed by atoms with Gasteiger partial charge in [0, 0.05) is 23.0 Å². The lowest BCUT2D eigenvalue weighted by Crippen LogP contribution is -2.13. The SMILES string of the molecule is Br.COc1ccc(/N=c2/scc(-c3cc(S(N)(=O)=O)ccc3Cl)n2C)cc1. The molecule has 0 aliphatic carbocycles. The molecule has 3 aromatic rings. The number of nitrogens with zero attached hydrogens (tertiary/aromatic N) is 2. The van der Waals surface area contributed by atoms with Gasteiger partial charge in [0.05, 0.1) is 23.4 Å². The van der Waals surface area contributed by atoms with Gasteiger partial charge in [0.25, 0.3) is 0 Å². The van der Waals surface area contributed by atoms with E-state index in [1.165, 1.54) is 29.5 Å². The molecule has 0 saturated carbocycles. The fourth-order valence-electron chi connectivity index (χ4n) is 2.36. The number of aromatic nitrogens is 1. The molecule has 10 heteroatoms. The average molecular weight is 491 g/mol. The summed E-state index contributed by atoms with van der Waals surface area (Å²) in [6.45, 7) is 0. The molecule has 0 fully saturated rings. The van der Waals surface area contributed by atoms with Gasteiger partial charge in [-0.1, -0.05) is 11.6 Å². The van der Waals surface area contributed by atoms with Crippen molar-refractivity contribution >= 4 is 55.6 Å². The van der Waals surface area contributed by atoms with Crippen molar-refractivity contribution in [3.05, 3.63) is 57.7 Å². The Bertz CT molecular complexity index is 1120. The molecule has 0 aliphatic heterocycles. The molecule has 2 N–H and O–H groups in total. The van der Waals surface area contributed by atoms with Crippen molar-refractivity contribution in [2.75, 3.05) is 7.11 Å². The Morgan fingerprint density at radius 2 is 1.85 bits per heavy atom. The highest BCUT2D eigenvalue weighted by Gasteiger charge is 2.14. The third kappa shape index (κ3) is 4.80. The molecule has 1 aromatic heterocycles. The number of rotatable bonds is 4. The monoisotopic (exact) mass is 489 g/mol. The van der Waals surface area contributed by atoms with Gasteiger partial charge in [0.1, 0.15) is 5.75 Å². The van der Waals surface area contributed by atoms with Crippen LogP contribution in [0.25, 0.3) is 11.3 Å². The molecule has 0 unspecified atom stereocenters. The van der Waals surface area contributed by atoms with Crippen LogP contribution in [0.4, 0.5) is 5.69 Å². The number of methoxy groups -OCH3 is 1. The predicted molar refractivity (Wildman–Crippen MR) is 114 cm³/mol. The lowest BCUT2D eigenvalue weighted by molar-refractivity contribution is 0.415. The van der Waals surface area contributed by atoms with E-state index < -0.39 is 10.0 Å². The van der Waals surface area contributed by atoms with E-state index in [9.17, 15) is 8.42 Å². The standard InChI is InChI=1S/C17H16ClN3O3S2.BrH/c1-21-16(14-9-13(26(19,22)23)7-8-15(14)18)10-25-17(21)20-11-3-5-12(24-2)6-4-11;/h3-10H,1-2H3,(H2,19,22,23);1H/b20-17+;. The molecule has 0 spiro atoms. The topological polar surface area (TPSA) is 86.7 Å². The highest BCUT2D eigenvalue weighted by atomic mass is 79.9. The molecule has 6 nitrogen and oxygen atoms in total. The molecule has 1 heterocycles. The van der Waals surface area contributed by atoms with Crippen molar-refractivity contribution in [1.29, 1.82) is 0 Å². The number of benzene rings is 2. The lowest BCUT2D eigenvalue weighted by Gasteiger charge is -2.07. The second-order valence-electron chi connectivity index (χ2n) is 5.46. The Hall–Kier alpha value is -1.65. The van der Waals surface area contributed by atoms with Crippen LogP contribution in [0.1, 0.15) is 0 Å². The number of hydrogen-bond donors (Lipinski definition) is 1. The summed E-state index contributed by atoms with van der Waals surface area (Å²) in [5, 5.41) is 7.52. The molecule has 0 aliphatic rings. The molecular formula is C17H17BrClN3O3S2. The number of ether oxygens (including phenoxy) is 1. The summed E-state index contributed by atoms with van der Waals surface area (Å²) in [5.74, 6) is 0.756. The Kier molecular flexibility index (Phi) is 6.87. The third-order valence-electron chi connectivity index (χ3n) is 3.76. The summed E-state index contributed by atoms with van der Waals surface area (Å²) in [5.41, 5.74) is 2.10. The van der Waals surface area contributed by atoms with Gasteiger partial charge in [0.15, 0.2) is 4.80 Å². The van der Waals surface area contributed by atoms with Crippen molar-refractivity contribution in [3.63, 3.8) is 0 Å². The summed E-state index contributed by atoms with van der Waals surface area (Å²) in [7, 11) is -0.361. The normalized spacial score (nSPS) is 11.9. The number of halogens is 2. The fourth-order valence-corrected chi connectivity index (χ4v) is 4.03. The van der Waals surface area contributed by atoms with E-state index in [1.807, 2.05) is 41.3 Å². The Morgan fingerprint density at radius 1 is 1.19 bits per heavy atom. The van der Waals surface area contributed by atoms with Crippen LogP contribution in [0.2, 0.25) is 5.02 Å². The molecule has 3 rings (SSSR count). The van der Waals surface area contributed by atoms with Crippen molar-refractivity contribution in [2.45, 2.75) is 4.90 Å². The van der Waals surface area contributed by atoms with E-state index in [-0.39, 0.29) is 21.9 Å². The van der Waals surface area contributed by atoms with Crippen LogP contribution in [0, 0.1) is 0 Å². The summed E-state index contributed by atoms with van der Waals surface area (Å²) >= 11 is 7.69. The zero-order valence-electron chi connectivity index (χ0n) is 14.4. The smallest absolute Gasteiger partial charge is 0.238 e. The van der Waals surface area contributed by atoms with E-state index in [2.05, 4.69) is 4.99 Å². The van der Waals surface area contributed by atoms with Gasteiger partial charge >= 0.3 is 0 Å². The van der Waals surface area contributed by atoms with Crippen LogP contribution in [-0.2, 0) is 17.1 Å². The largest absolute Gasteiger partial charge is 0.497 e. The first-order valence-electron chi connectivity index (χ1n) is 7.45. The molecule has 0 bridgehead atoms. The van der Waals surface area contributed by atoms with Crippen LogP contribution in [-0.4, -0.2) is 20.1 Å². The number of primary sulfonamides is 1. The van der Waals surface area contributed by atoms with Gasteiger partial charge in [-0.3, -0.25) is 0 Å². The Labute approximate surface area is 176 Å². The van der Waals surface area contributed by atoms with Crippen molar-refractivity contribution < 1.29 is 13.2 Å². The maximum absolute atomic E-state index is 11.6. The van der Waals surface area contributed by atoms with Crippen molar-refractivity contribution in [1.82, 2.24) is 4.57 Å². The Morgan fingerprint density at radius 3 is 2.44 bits per heavy atom. The minimum Gasteiger partial charge on any atom is -0.497 e. The predicted octanol–water partition coefficient (Wildman–Crippen LogP) is 3.87. The number of hydrogen-bond acceptors (Lipinski definition) is 5. The van der Waals surface area contributed by atoms with E-state index >= 15 is 0 Å². The van der Waals surface area contributed by atoms with Gasteiger partial charge < -0.3 is 9.30 Å². The zero-order valence-corrected chi connectivity index (χ0v) is 18.5. The highest BCUT2D eigenvalue weighted by molar-refractivity contribution is 8.93. The number of nitrogens with two attached hydrogens (primary N) is 1. The van der Waals surface area contributed by atoms with Gasteiger partial charge in [-0.15, -0.1) is 28.3 Å². The second-order valence-corrected chi connectivity index (χ2v) is 8.26. The van der Waals surface area contributed by atoms with Gasteiger partial charge in [-0.25, -0.2) is 18.5 Å². The molecule has 0 atom stereocenters. The Balaban J connectivity index is 0.00000261. The summed E-state index contributed by atoms with van der Waals surface area (Å²) in [6.07, 6.45) is 0. The molecule has 2 aromatic carbocycles. The van der Waals surface area contributed by atoms with Crippen LogP contribution < -0.4 is 14.7 Å². The molecule has 27 heavy (non-hydrogen) atoms. The molecule has 0 saturated heterocycles. The van der Waals surface area contributed by atoms with Gasteiger partial charge in [-0.05, 0) is 42.5 Å². The fraction of sp³-hybridized carbons (Fsp3) is 0.118. The number of thiazole rings is 1. The summed E-state index contributed by atoms with van der Waals surface area (Å²) in [4.78, 5) is 5.35. The van der Waals surface area contributed by atoms with E-state index in [0.29, 0.717) is 10.6 Å². The van der Waals surface area contributed by atoms with Crippen LogP contribution in [0.5, 0.6) is 5.75 Å². The molecule has 0 radical (unpaired) electrons. The lowest BCUT2D eigenvalue weighted by atomic mass is 10.2. The maximum atomic E-state index is 11.6. The van der Waals surface area contributed by atoms with Crippen molar-refractivity contribution in [3.8, 4) is 17.0 Å². The third-order valence-corrected chi connectivity index (χ3v) is 5.92. The summed E-state index contributed by atoms with van der Waals surface area (Å²) < 4.78 is 30.2. The van der Waals surface area contributed by atoms with Gasteiger partial charge in [0.2, 0.25) is 10.0 Å². The van der Waals surface area contributed by atoms with Gasteiger partial charge in [-0.2, -0.15) is 0 Å². The summed E-state index contributed by atoms with van der Waals surface area (Å²) in [6, 6.07) is 11.8. The minimum absolute atomic E-state index is 0. The molecule has 144 valence electrons. The van der Waals surface area contributed by atoms with Crippen LogP contribution >= 0.6 is 39.9 Å². The van der Waals surface area contributed by atoms with Crippen LogP contribution in [0.15, 0.2) is 57.7 Å². The average Bonchev–Trinajstić information content (AvgIpc) is 2.95. The first kappa shape index (κ1) is 21.6. The molecule has 0 amide bonds. The van der Waals surface area contributed by atoms with E-state index in [0.717, 1.165) is 21.9 Å². The maximum Gasteiger partial charge on any atom is 0.238 e. The van der Waals surface area contributed by atoms with E-state index in [4.69, 9.17) is 21.5 Å². The second kappa shape index (κ2) is 8.57. The van der Waals surface area contributed by atoms with E-state index in [1.54, 1.807) is 7.11 Å². The quantitative estimate of drug-likeness (QED) is 0.602. The van der Waals surface area contributed by atoms with Crippen LogP contribution in [0.3, 0.4) is 0 Å². The zero-order chi connectivity index (χ0) is 18.9.